The van der Waals surface area contributed by atoms with E-state index in [9.17, 15) is 14.3 Å². The molecule has 0 radical (unpaired) electrons. The smallest absolute Gasteiger partial charge is 0.339 e. The molecule has 0 spiro atoms. The van der Waals surface area contributed by atoms with Gasteiger partial charge in [-0.3, -0.25) is 4.98 Å². The van der Waals surface area contributed by atoms with Gasteiger partial charge in [0.05, 0.1) is 11.3 Å². The van der Waals surface area contributed by atoms with Crippen LogP contribution in [0.1, 0.15) is 15.9 Å². The number of carbonyl (C=O) groups is 1. The number of fused-ring (bicyclic) bond motifs is 1. The van der Waals surface area contributed by atoms with Crippen LogP contribution in [0, 0.1) is 12.7 Å². The first-order chi connectivity index (χ1) is 13.5. The Hall–Kier alpha value is -4.01. The number of carboxylic acid groups (broad SMARTS) is 1. The number of nitrogens with zero attached hydrogens (tertiary/aromatic N) is 5. The average Bonchev–Trinajstić information content (AvgIpc) is 2.70. The van der Waals surface area contributed by atoms with Crippen LogP contribution in [0.2, 0.25) is 0 Å². The van der Waals surface area contributed by atoms with Crippen LogP contribution in [0.3, 0.4) is 0 Å². The van der Waals surface area contributed by atoms with Crippen molar-refractivity contribution < 1.29 is 14.3 Å². The van der Waals surface area contributed by atoms with Crippen LogP contribution in [0.25, 0.3) is 22.6 Å². The highest BCUT2D eigenvalue weighted by atomic mass is 19.1. The van der Waals surface area contributed by atoms with E-state index in [-0.39, 0.29) is 34.1 Å². The maximum Gasteiger partial charge on any atom is 0.339 e. The summed E-state index contributed by atoms with van der Waals surface area (Å²) < 4.78 is 14.4. The number of anilines is 2. The highest BCUT2D eigenvalue weighted by Gasteiger charge is 2.17. The van der Waals surface area contributed by atoms with Gasteiger partial charge in [0.2, 0.25) is 0 Å². The predicted molar refractivity (Wildman–Crippen MR) is 99.7 cm³/mol. The van der Waals surface area contributed by atoms with Gasteiger partial charge in [-0.05, 0) is 25.1 Å². The first kappa shape index (κ1) is 17.4. The Morgan fingerprint density at radius 3 is 2.75 bits per heavy atom. The summed E-state index contributed by atoms with van der Waals surface area (Å²) in [5.41, 5.74) is 1.86. The monoisotopic (exact) mass is 376 g/mol. The molecule has 3 aromatic heterocycles. The maximum absolute atomic E-state index is 14.4. The summed E-state index contributed by atoms with van der Waals surface area (Å²) in [4.78, 5) is 32.4. The zero-order valence-electron chi connectivity index (χ0n) is 14.6. The molecule has 0 aliphatic rings. The molecular weight excluding hydrogens is 363 g/mol. The minimum absolute atomic E-state index is 0.0403. The third-order valence-electron chi connectivity index (χ3n) is 4.00. The number of hydrogen-bond acceptors (Lipinski definition) is 7. The molecule has 0 saturated heterocycles. The lowest BCUT2D eigenvalue weighted by Crippen LogP contribution is -2.07. The number of pyridine rings is 1. The van der Waals surface area contributed by atoms with E-state index in [1.165, 1.54) is 36.9 Å². The van der Waals surface area contributed by atoms with Gasteiger partial charge in [0.1, 0.15) is 11.4 Å². The van der Waals surface area contributed by atoms with Gasteiger partial charge >= 0.3 is 5.97 Å². The van der Waals surface area contributed by atoms with Gasteiger partial charge in [-0.1, -0.05) is 11.6 Å². The maximum atomic E-state index is 14.4. The number of aryl methyl sites for hydroxylation is 1. The number of nitrogens with one attached hydrogen (secondary N) is 1. The van der Waals surface area contributed by atoms with Gasteiger partial charge in [0.25, 0.3) is 0 Å². The predicted octanol–water partition coefficient (Wildman–Crippen LogP) is 3.37. The van der Waals surface area contributed by atoms with Crippen molar-refractivity contribution in [3.63, 3.8) is 0 Å². The molecule has 28 heavy (non-hydrogen) atoms. The molecule has 8 nitrogen and oxygen atoms in total. The third-order valence-corrected chi connectivity index (χ3v) is 4.00. The van der Waals surface area contributed by atoms with Gasteiger partial charge in [-0.2, -0.15) is 0 Å². The van der Waals surface area contributed by atoms with Crippen LogP contribution in [0.4, 0.5) is 15.9 Å². The molecule has 9 heteroatoms. The normalized spacial score (nSPS) is 10.8. The van der Waals surface area contributed by atoms with E-state index in [0.29, 0.717) is 5.52 Å². The lowest BCUT2D eigenvalue weighted by molar-refractivity contribution is 0.0697. The number of aromatic nitrogens is 5. The van der Waals surface area contributed by atoms with Crippen molar-refractivity contribution in [2.24, 2.45) is 0 Å². The highest BCUT2D eigenvalue weighted by Crippen LogP contribution is 2.28. The molecule has 2 N–H and O–H groups in total. The summed E-state index contributed by atoms with van der Waals surface area (Å²) in [6, 6.07) is 6.12. The van der Waals surface area contributed by atoms with Gasteiger partial charge < -0.3 is 10.4 Å². The number of hydrogen-bond donors (Lipinski definition) is 2. The van der Waals surface area contributed by atoms with Crippen molar-refractivity contribution >= 4 is 28.6 Å². The molecule has 0 aliphatic heterocycles. The van der Waals surface area contributed by atoms with Gasteiger partial charge in [0, 0.05) is 24.8 Å². The Balaban J connectivity index is 1.91. The fourth-order valence-electron chi connectivity index (χ4n) is 2.68. The first-order valence-electron chi connectivity index (χ1n) is 8.22. The van der Waals surface area contributed by atoms with E-state index in [0.717, 1.165) is 5.56 Å². The molecule has 4 aromatic rings. The highest BCUT2D eigenvalue weighted by molar-refractivity contribution is 5.96. The van der Waals surface area contributed by atoms with Crippen LogP contribution >= 0.6 is 0 Å². The van der Waals surface area contributed by atoms with E-state index in [4.69, 9.17) is 0 Å². The Morgan fingerprint density at radius 1 is 1.11 bits per heavy atom. The second-order valence-electron chi connectivity index (χ2n) is 5.96. The van der Waals surface area contributed by atoms with Crippen molar-refractivity contribution in [3.8, 4) is 11.4 Å². The van der Waals surface area contributed by atoms with Crippen LogP contribution in [0.15, 0.2) is 49.1 Å². The van der Waals surface area contributed by atoms with E-state index >= 15 is 0 Å². The van der Waals surface area contributed by atoms with Crippen molar-refractivity contribution in [2.45, 2.75) is 6.92 Å². The molecule has 0 unspecified atom stereocenters. The molecule has 4 rings (SSSR count). The molecule has 0 amide bonds. The number of aromatic carboxylic acids is 1. The Bertz CT molecular complexity index is 1210. The minimum Gasteiger partial charge on any atom is -0.478 e. The zero-order valence-corrected chi connectivity index (χ0v) is 14.6. The summed E-state index contributed by atoms with van der Waals surface area (Å²) in [6.07, 6.45) is 5.60. The average molecular weight is 376 g/mol. The summed E-state index contributed by atoms with van der Waals surface area (Å²) in [6.45, 7) is 1.83. The van der Waals surface area contributed by atoms with Gasteiger partial charge in [0.15, 0.2) is 22.8 Å². The number of halogens is 1. The van der Waals surface area contributed by atoms with Crippen LogP contribution < -0.4 is 5.32 Å². The fourth-order valence-corrected chi connectivity index (χ4v) is 2.68. The molecule has 3 heterocycles. The van der Waals surface area contributed by atoms with E-state index in [1.54, 1.807) is 12.1 Å². The van der Waals surface area contributed by atoms with Crippen molar-refractivity contribution in [2.75, 3.05) is 5.32 Å². The number of carboxylic acids is 1. The fraction of sp³-hybridized carbons (Fsp3) is 0.0526. The molecule has 0 aliphatic carbocycles. The van der Waals surface area contributed by atoms with Gasteiger partial charge in [-0.15, -0.1) is 0 Å². The molecular formula is C19H13FN6O2. The van der Waals surface area contributed by atoms with E-state index in [2.05, 4.69) is 30.2 Å². The van der Waals surface area contributed by atoms with E-state index in [1.807, 2.05) is 6.92 Å². The second kappa shape index (κ2) is 6.95. The topological polar surface area (TPSA) is 114 Å². The Morgan fingerprint density at radius 2 is 1.93 bits per heavy atom. The SMILES string of the molecule is Cc1ccc(F)c(-c2nc(Nc3ccncc3C(=O)O)c3nccnc3n2)c1. The lowest BCUT2D eigenvalue weighted by atomic mass is 10.1. The number of rotatable bonds is 4. The van der Waals surface area contributed by atoms with Crippen LogP contribution in [0.5, 0.6) is 0 Å². The second-order valence-corrected chi connectivity index (χ2v) is 5.96. The first-order valence-corrected chi connectivity index (χ1v) is 8.22. The van der Waals surface area contributed by atoms with Gasteiger partial charge in [-0.25, -0.2) is 29.1 Å². The molecule has 0 atom stereocenters. The minimum atomic E-state index is -1.15. The Kier molecular flexibility index (Phi) is 4.32. The van der Waals surface area contributed by atoms with E-state index < -0.39 is 11.8 Å². The van der Waals surface area contributed by atoms with Crippen LogP contribution in [-0.2, 0) is 0 Å². The summed E-state index contributed by atoms with van der Waals surface area (Å²) in [5.74, 6) is -1.30. The van der Waals surface area contributed by atoms with Crippen molar-refractivity contribution in [1.82, 2.24) is 24.9 Å². The lowest BCUT2D eigenvalue weighted by Gasteiger charge is -2.12. The standard InChI is InChI=1S/C19H13FN6O2/c1-10-2-3-13(20)11(8-10)16-25-17-15(22-6-7-23-17)18(26-16)24-14-4-5-21-9-12(14)19(27)28/h2-9H,1H3,(H,27,28)(H,21,23,24,25,26). The summed E-state index contributed by atoms with van der Waals surface area (Å²) in [7, 11) is 0. The van der Waals surface area contributed by atoms with Crippen molar-refractivity contribution in [1.29, 1.82) is 0 Å². The largest absolute Gasteiger partial charge is 0.478 e. The van der Waals surface area contributed by atoms with Crippen molar-refractivity contribution in [3.05, 3.63) is 66.0 Å². The molecule has 0 saturated carbocycles. The van der Waals surface area contributed by atoms with Crippen LogP contribution in [-0.4, -0.2) is 36.0 Å². The summed E-state index contributed by atoms with van der Waals surface area (Å²) >= 11 is 0. The number of benzene rings is 1. The molecule has 0 bridgehead atoms. The quantitative estimate of drug-likeness (QED) is 0.557. The summed E-state index contributed by atoms with van der Waals surface area (Å²) in [5, 5.41) is 12.3. The Labute approximate surface area is 158 Å². The molecule has 138 valence electrons. The third kappa shape index (κ3) is 3.20. The molecule has 0 fully saturated rings. The zero-order chi connectivity index (χ0) is 19.7. The molecule has 1 aromatic carbocycles.